The third-order valence-electron chi connectivity index (χ3n) is 6.08. The van der Waals surface area contributed by atoms with Crippen molar-refractivity contribution in [2.75, 3.05) is 0 Å². The third kappa shape index (κ3) is 2.79. The molecule has 0 aromatic heterocycles. The van der Waals surface area contributed by atoms with Crippen LogP contribution in [0.3, 0.4) is 0 Å². The summed E-state index contributed by atoms with van der Waals surface area (Å²) < 4.78 is 0. The molecule has 21 heavy (non-hydrogen) atoms. The molecule has 0 bridgehead atoms. The smallest absolute Gasteiger partial charge is 0.219 e. The molecule has 1 aliphatic heterocycles. The van der Waals surface area contributed by atoms with Gasteiger partial charge < -0.3 is 4.90 Å². The van der Waals surface area contributed by atoms with Crippen LogP contribution >= 0.6 is 0 Å². The molecule has 5 atom stereocenters. The fourth-order valence-corrected chi connectivity index (χ4v) is 5.09. The number of fused-ring (bicyclic) bond motifs is 2. The summed E-state index contributed by atoms with van der Waals surface area (Å²) in [4.78, 5) is 25.4. The normalized spacial score (nSPS) is 39.9. The van der Waals surface area contributed by atoms with E-state index < -0.39 is 6.04 Å². The fraction of sp³-hybridized carbons (Fsp3) is 0.938. The number of carbonyl (C=O) groups excluding carboxylic acids is 1. The molecular weight excluding hydrogens is 268 g/mol. The first-order chi connectivity index (χ1) is 10.1. The standard InChI is InChI=1S/C16H26N2O3/c1-11(19)17-15-5-3-2-4-12(15)6-7-13-8-9-14(18(20)21)10-16(13)17/h12-16H,2-10H2,1H3. The lowest BCUT2D eigenvalue weighted by Gasteiger charge is -2.44. The highest BCUT2D eigenvalue weighted by atomic mass is 16.6. The molecule has 0 radical (unpaired) electrons. The van der Waals surface area contributed by atoms with Gasteiger partial charge in [0.2, 0.25) is 11.9 Å². The summed E-state index contributed by atoms with van der Waals surface area (Å²) in [5.41, 5.74) is 0. The summed E-state index contributed by atoms with van der Waals surface area (Å²) in [6, 6.07) is 0.00439. The van der Waals surface area contributed by atoms with E-state index in [0.29, 0.717) is 30.7 Å². The van der Waals surface area contributed by atoms with E-state index in [1.807, 2.05) is 0 Å². The van der Waals surface area contributed by atoms with Crippen molar-refractivity contribution in [1.29, 1.82) is 0 Å². The van der Waals surface area contributed by atoms with E-state index in [0.717, 1.165) is 19.3 Å². The number of hydrogen-bond donors (Lipinski definition) is 0. The number of amides is 1. The largest absolute Gasteiger partial charge is 0.336 e. The molecule has 3 rings (SSSR count). The van der Waals surface area contributed by atoms with E-state index in [1.165, 1.54) is 25.7 Å². The van der Waals surface area contributed by atoms with E-state index in [1.54, 1.807) is 6.92 Å². The van der Waals surface area contributed by atoms with Gasteiger partial charge in [-0.25, -0.2) is 0 Å². The zero-order chi connectivity index (χ0) is 15.0. The van der Waals surface area contributed by atoms with Crippen molar-refractivity contribution in [2.24, 2.45) is 11.8 Å². The Bertz CT molecular complexity index is 426. The second-order valence-corrected chi connectivity index (χ2v) is 7.20. The zero-order valence-electron chi connectivity index (χ0n) is 12.9. The van der Waals surface area contributed by atoms with Crippen LogP contribution in [0.2, 0.25) is 0 Å². The van der Waals surface area contributed by atoms with Crippen molar-refractivity contribution in [3.8, 4) is 0 Å². The molecule has 2 saturated carbocycles. The van der Waals surface area contributed by atoms with Gasteiger partial charge in [-0.1, -0.05) is 12.8 Å². The van der Waals surface area contributed by atoms with Gasteiger partial charge >= 0.3 is 0 Å². The van der Waals surface area contributed by atoms with Crippen LogP contribution in [0.1, 0.15) is 64.7 Å². The lowest BCUT2D eigenvalue weighted by molar-refractivity contribution is -0.528. The van der Waals surface area contributed by atoms with Gasteiger partial charge in [-0.05, 0) is 43.9 Å². The maximum absolute atomic E-state index is 12.3. The fourth-order valence-electron chi connectivity index (χ4n) is 5.09. The summed E-state index contributed by atoms with van der Waals surface area (Å²) in [6.07, 6.45) is 9.33. The Hall–Kier alpha value is -1.13. The zero-order valence-corrected chi connectivity index (χ0v) is 12.9. The van der Waals surface area contributed by atoms with Crippen LogP contribution in [0, 0.1) is 22.0 Å². The van der Waals surface area contributed by atoms with Crippen molar-refractivity contribution >= 4 is 5.91 Å². The Labute approximate surface area is 126 Å². The molecule has 1 heterocycles. The Morgan fingerprint density at radius 1 is 1.00 bits per heavy atom. The van der Waals surface area contributed by atoms with E-state index in [-0.39, 0.29) is 16.9 Å². The van der Waals surface area contributed by atoms with Gasteiger partial charge in [0.15, 0.2) is 0 Å². The van der Waals surface area contributed by atoms with Crippen molar-refractivity contribution < 1.29 is 9.72 Å². The first-order valence-corrected chi connectivity index (χ1v) is 8.50. The van der Waals surface area contributed by atoms with Crippen molar-refractivity contribution in [3.05, 3.63) is 10.1 Å². The summed E-state index contributed by atoms with van der Waals surface area (Å²) in [7, 11) is 0. The molecule has 2 aliphatic carbocycles. The highest BCUT2D eigenvalue weighted by Gasteiger charge is 2.46. The van der Waals surface area contributed by atoms with Gasteiger partial charge in [0.1, 0.15) is 0 Å². The molecule has 5 unspecified atom stereocenters. The van der Waals surface area contributed by atoms with Gasteiger partial charge in [0, 0.05) is 36.8 Å². The van der Waals surface area contributed by atoms with Crippen LogP contribution < -0.4 is 0 Å². The van der Waals surface area contributed by atoms with E-state index in [9.17, 15) is 14.9 Å². The molecule has 0 aromatic carbocycles. The SMILES string of the molecule is CC(=O)N1C2CCCCC2CCC2CCC([N+](=O)[O-])CC21. The van der Waals surface area contributed by atoms with Crippen LogP contribution in [-0.4, -0.2) is 33.9 Å². The van der Waals surface area contributed by atoms with Crippen LogP contribution in [0.4, 0.5) is 0 Å². The molecule has 1 saturated heterocycles. The second kappa shape index (κ2) is 5.93. The van der Waals surface area contributed by atoms with Crippen LogP contribution in [0.25, 0.3) is 0 Å². The summed E-state index contributed by atoms with van der Waals surface area (Å²) >= 11 is 0. The van der Waals surface area contributed by atoms with Crippen molar-refractivity contribution in [3.63, 3.8) is 0 Å². The van der Waals surface area contributed by atoms with E-state index in [2.05, 4.69) is 4.90 Å². The van der Waals surface area contributed by atoms with E-state index >= 15 is 0 Å². The average Bonchev–Trinajstić information content (AvgIpc) is 2.62. The highest BCUT2D eigenvalue weighted by molar-refractivity contribution is 5.74. The molecule has 118 valence electrons. The Morgan fingerprint density at radius 2 is 1.62 bits per heavy atom. The number of nitro groups is 1. The molecule has 3 fully saturated rings. The topological polar surface area (TPSA) is 63.5 Å². The second-order valence-electron chi connectivity index (χ2n) is 7.20. The Balaban J connectivity index is 1.87. The van der Waals surface area contributed by atoms with E-state index in [4.69, 9.17) is 0 Å². The minimum Gasteiger partial charge on any atom is -0.336 e. The van der Waals surface area contributed by atoms with Crippen LogP contribution in [-0.2, 0) is 4.79 Å². The molecular formula is C16H26N2O3. The number of nitrogens with zero attached hydrogens (tertiary/aromatic N) is 2. The van der Waals surface area contributed by atoms with Gasteiger partial charge in [-0.15, -0.1) is 0 Å². The molecule has 5 nitrogen and oxygen atoms in total. The lowest BCUT2D eigenvalue weighted by Crippen LogP contribution is -2.54. The van der Waals surface area contributed by atoms with Crippen molar-refractivity contribution in [2.45, 2.75) is 82.8 Å². The molecule has 5 heteroatoms. The third-order valence-corrected chi connectivity index (χ3v) is 6.08. The van der Waals surface area contributed by atoms with Gasteiger partial charge in [-0.2, -0.15) is 0 Å². The Morgan fingerprint density at radius 3 is 2.29 bits per heavy atom. The first kappa shape index (κ1) is 14.8. The summed E-state index contributed by atoms with van der Waals surface area (Å²) in [5.74, 6) is 1.24. The predicted molar refractivity (Wildman–Crippen MR) is 79.4 cm³/mol. The minimum absolute atomic E-state index is 0.111. The lowest BCUT2D eigenvalue weighted by atomic mass is 9.79. The molecule has 1 amide bonds. The van der Waals surface area contributed by atoms with Crippen molar-refractivity contribution in [1.82, 2.24) is 4.90 Å². The van der Waals surface area contributed by atoms with Gasteiger partial charge in [0.05, 0.1) is 0 Å². The average molecular weight is 294 g/mol. The maximum Gasteiger partial charge on any atom is 0.219 e. The maximum atomic E-state index is 12.3. The summed E-state index contributed by atoms with van der Waals surface area (Å²) in [5, 5.41) is 11.2. The van der Waals surface area contributed by atoms with Gasteiger partial charge in [0.25, 0.3) is 0 Å². The molecule has 0 aromatic rings. The molecule has 3 aliphatic rings. The highest BCUT2D eigenvalue weighted by Crippen LogP contribution is 2.43. The summed E-state index contributed by atoms with van der Waals surface area (Å²) in [6.45, 7) is 1.66. The predicted octanol–water partition coefficient (Wildman–Crippen LogP) is 3.00. The first-order valence-electron chi connectivity index (χ1n) is 8.50. The minimum atomic E-state index is -0.451. The Kier molecular flexibility index (Phi) is 4.18. The molecule has 0 N–H and O–H groups in total. The number of likely N-dealkylation sites (tertiary alicyclic amines) is 1. The van der Waals surface area contributed by atoms with Crippen LogP contribution in [0.5, 0.6) is 0 Å². The molecule has 0 spiro atoms. The number of carbonyl (C=O) groups is 1. The quantitative estimate of drug-likeness (QED) is 0.551. The van der Waals surface area contributed by atoms with Gasteiger partial charge in [-0.3, -0.25) is 14.9 Å². The number of rotatable bonds is 1. The van der Waals surface area contributed by atoms with Crippen LogP contribution in [0.15, 0.2) is 0 Å². The number of hydrogen-bond acceptors (Lipinski definition) is 3. The monoisotopic (exact) mass is 294 g/mol.